The van der Waals surface area contributed by atoms with Crippen molar-refractivity contribution in [2.45, 2.75) is 56.7 Å². The summed E-state index contributed by atoms with van der Waals surface area (Å²) in [4.78, 5) is 35.7. The topological polar surface area (TPSA) is 131 Å². The van der Waals surface area contributed by atoms with Gasteiger partial charge in [-0.25, -0.2) is 22.7 Å². The van der Waals surface area contributed by atoms with E-state index in [9.17, 15) is 22.8 Å². The normalized spacial score (nSPS) is 15.0. The van der Waals surface area contributed by atoms with E-state index >= 15 is 0 Å². The van der Waals surface area contributed by atoms with Crippen LogP contribution in [-0.2, 0) is 19.6 Å². The molecule has 0 saturated heterocycles. The first-order valence-electron chi connectivity index (χ1n) is 8.74. The minimum atomic E-state index is -3.95. The van der Waals surface area contributed by atoms with Gasteiger partial charge in [0.25, 0.3) is 5.91 Å². The van der Waals surface area contributed by atoms with Crippen LogP contribution in [0.4, 0.5) is 4.79 Å². The number of esters is 1. The summed E-state index contributed by atoms with van der Waals surface area (Å²) in [5.41, 5.74) is -0.279. The second-order valence-corrected chi connectivity index (χ2v) is 9.32. The van der Waals surface area contributed by atoms with E-state index in [1.54, 1.807) is 13.8 Å². The number of ether oxygens (including phenoxy) is 1. The maximum absolute atomic E-state index is 12.4. The Morgan fingerprint density at radius 1 is 1.10 bits per heavy atom. The quantitative estimate of drug-likeness (QED) is 0.529. The van der Waals surface area contributed by atoms with Gasteiger partial charge in [-0.15, -0.1) is 0 Å². The number of imide groups is 1. The zero-order chi connectivity index (χ0) is 21.9. The molecule has 0 aliphatic heterocycles. The van der Waals surface area contributed by atoms with Gasteiger partial charge >= 0.3 is 12.0 Å². The Morgan fingerprint density at radius 3 is 2.28 bits per heavy atom. The van der Waals surface area contributed by atoms with Gasteiger partial charge in [-0.2, -0.15) is 0 Å². The summed E-state index contributed by atoms with van der Waals surface area (Å²) >= 11 is 12.0. The summed E-state index contributed by atoms with van der Waals surface area (Å²) in [6.07, 6.45) is 0.101. The average molecular weight is 466 g/mol. The Morgan fingerprint density at radius 2 is 1.72 bits per heavy atom. The number of carbonyl (C=O) groups excluding carboxylic acids is 3. The molecule has 3 amide bonds. The van der Waals surface area contributed by atoms with Gasteiger partial charge in [-0.1, -0.05) is 23.2 Å². The molecule has 2 rings (SSSR count). The Balaban J connectivity index is 2.14. The SMILES string of the molecule is CC(C)NC(=O)NC(=O)C(C)OC(=O)c1cc(S(=O)(=O)NC2CC2)c(Cl)cc1Cl. The number of amides is 3. The van der Waals surface area contributed by atoms with E-state index < -0.39 is 34.0 Å². The Labute approximate surface area is 178 Å². The molecule has 9 nitrogen and oxygen atoms in total. The molecule has 0 bridgehead atoms. The third-order valence-corrected chi connectivity index (χ3v) is 6.04. The molecule has 3 N–H and O–H groups in total. The summed E-state index contributed by atoms with van der Waals surface area (Å²) in [5.74, 6) is -1.90. The molecule has 0 heterocycles. The molecule has 0 aromatic heterocycles. The standard InChI is InChI=1S/C17H21Cl2N3O6S/c1-8(2)20-17(25)21-15(23)9(3)28-16(24)11-6-14(13(19)7-12(11)18)29(26,27)22-10-4-5-10/h6-10,22H,4-5H2,1-3H3,(H2,20,21,23,25). The third kappa shape index (κ3) is 6.56. The van der Waals surface area contributed by atoms with Crippen molar-refractivity contribution in [2.24, 2.45) is 0 Å². The zero-order valence-corrected chi connectivity index (χ0v) is 18.2. The lowest BCUT2D eigenvalue weighted by Gasteiger charge is -2.15. The largest absolute Gasteiger partial charge is 0.449 e. The summed E-state index contributed by atoms with van der Waals surface area (Å²) in [6, 6.07) is 1.01. The molecule has 1 aromatic carbocycles. The van der Waals surface area contributed by atoms with Crippen LogP contribution in [0.3, 0.4) is 0 Å². The van der Waals surface area contributed by atoms with Crippen molar-refractivity contribution in [1.29, 1.82) is 0 Å². The molecular formula is C17H21Cl2N3O6S. The summed E-state index contributed by atoms with van der Waals surface area (Å²) in [5, 5.41) is 4.18. The predicted octanol–water partition coefficient (Wildman–Crippen LogP) is 2.21. The van der Waals surface area contributed by atoms with Crippen LogP contribution in [0.2, 0.25) is 10.0 Å². The van der Waals surface area contributed by atoms with Crippen LogP contribution in [0, 0.1) is 0 Å². The number of sulfonamides is 1. The highest BCUT2D eigenvalue weighted by Gasteiger charge is 2.31. The fourth-order valence-electron chi connectivity index (χ4n) is 2.16. The van der Waals surface area contributed by atoms with E-state index in [2.05, 4.69) is 10.0 Å². The summed E-state index contributed by atoms with van der Waals surface area (Å²) in [7, 11) is -3.95. The zero-order valence-electron chi connectivity index (χ0n) is 15.9. The van der Waals surface area contributed by atoms with Crippen LogP contribution in [0.1, 0.15) is 44.0 Å². The van der Waals surface area contributed by atoms with Gasteiger partial charge in [0, 0.05) is 12.1 Å². The second kappa shape index (κ2) is 9.29. The molecule has 1 aliphatic rings. The summed E-state index contributed by atoms with van der Waals surface area (Å²) < 4.78 is 32.3. The Bertz CT molecular complexity index is 931. The lowest BCUT2D eigenvalue weighted by molar-refractivity contribution is -0.127. The smallest absolute Gasteiger partial charge is 0.340 e. The number of rotatable bonds is 7. The fraction of sp³-hybridized carbons (Fsp3) is 0.471. The van der Waals surface area contributed by atoms with E-state index in [1.165, 1.54) is 6.92 Å². The van der Waals surface area contributed by atoms with Crippen molar-refractivity contribution in [3.63, 3.8) is 0 Å². The second-order valence-electron chi connectivity index (χ2n) is 6.82. The molecule has 0 radical (unpaired) electrons. The van der Waals surface area contributed by atoms with Crippen molar-refractivity contribution >= 4 is 51.1 Å². The minimum absolute atomic E-state index is 0.143. The number of halogens is 2. The Kier molecular flexibility index (Phi) is 7.50. The van der Waals surface area contributed by atoms with Crippen LogP contribution in [0.5, 0.6) is 0 Å². The first kappa shape index (κ1) is 23.4. The number of hydrogen-bond acceptors (Lipinski definition) is 6. The number of urea groups is 1. The van der Waals surface area contributed by atoms with Gasteiger partial charge in [0.2, 0.25) is 10.0 Å². The number of benzene rings is 1. The van der Waals surface area contributed by atoms with Crippen LogP contribution >= 0.6 is 23.2 Å². The molecule has 160 valence electrons. The molecule has 1 fully saturated rings. The van der Waals surface area contributed by atoms with Crippen molar-refractivity contribution in [3.8, 4) is 0 Å². The summed E-state index contributed by atoms with van der Waals surface area (Å²) in [6.45, 7) is 4.67. The fourth-order valence-corrected chi connectivity index (χ4v) is 4.32. The molecular weight excluding hydrogens is 445 g/mol. The average Bonchev–Trinajstić information content (AvgIpc) is 3.36. The van der Waals surface area contributed by atoms with Gasteiger partial charge in [-0.3, -0.25) is 10.1 Å². The van der Waals surface area contributed by atoms with Gasteiger partial charge in [-0.05, 0) is 45.7 Å². The molecule has 1 atom stereocenters. The van der Waals surface area contributed by atoms with E-state index in [0.717, 1.165) is 25.0 Å². The van der Waals surface area contributed by atoms with E-state index in [-0.39, 0.29) is 32.6 Å². The van der Waals surface area contributed by atoms with Crippen molar-refractivity contribution in [2.75, 3.05) is 0 Å². The van der Waals surface area contributed by atoms with Crippen LogP contribution in [0.15, 0.2) is 17.0 Å². The first-order chi connectivity index (χ1) is 13.4. The molecule has 29 heavy (non-hydrogen) atoms. The third-order valence-electron chi connectivity index (χ3n) is 3.74. The minimum Gasteiger partial charge on any atom is -0.449 e. The first-order valence-corrected chi connectivity index (χ1v) is 11.0. The lowest BCUT2D eigenvalue weighted by Crippen LogP contribution is -2.46. The predicted molar refractivity (Wildman–Crippen MR) is 106 cm³/mol. The number of nitrogens with one attached hydrogen (secondary N) is 3. The molecule has 1 aromatic rings. The molecule has 0 spiro atoms. The molecule has 1 saturated carbocycles. The van der Waals surface area contributed by atoms with Crippen LogP contribution in [-0.4, -0.2) is 44.5 Å². The highest BCUT2D eigenvalue weighted by atomic mass is 35.5. The maximum Gasteiger partial charge on any atom is 0.340 e. The van der Waals surface area contributed by atoms with Crippen molar-refractivity contribution < 1.29 is 27.5 Å². The van der Waals surface area contributed by atoms with Crippen molar-refractivity contribution in [1.82, 2.24) is 15.4 Å². The highest BCUT2D eigenvalue weighted by molar-refractivity contribution is 7.89. The number of hydrogen-bond donors (Lipinski definition) is 3. The van der Waals surface area contributed by atoms with Crippen molar-refractivity contribution in [3.05, 3.63) is 27.7 Å². The Hall–Kier alpha value is -1.88. The van der Waals surface area contributed by atoms with Crippen LogP contribution < -0.4 is 15.4 Å². The van der Waals surface area contributed by atoms with Gasteiger partial charge < -0.3 is 10.1 Å². The van der Waals surface area contributed by atoms with E-state index in [1.807, 2.05) is 5.32 Å². The monoisotopic (exact) mass is 465 g/mol. The lowest BCUT2D eigenvalue weighted by atomic mass is 10.2. The molecule has 1 unspecified atom stereocenters. The highest BCUT2D eigenvalue weighted by Crippen LogP contribution is 2.31. The van der Waals surface area contributed by atoms with Gasteiger partial charge in [0.05, 0.1) is 15.6 Å². The number of carbonyl (C=O) groups is 3. The molecule has 1 aliphatic carbocycles. The van der Waals surface area contributed by atoms with Gasteiger partial charge in [0.1, 0.15) is 4.90 Å². The van der Waals surface area contributed by atoms with E-state index in [0.29, 0.717) is 0 Å². The molecule has 12 heteroatoms. The van der Waals surface area contributed by atoms with Crippen LogP contribution in [0.25, 0.3) is 0 Å². The maximum atomic E-state index is 12.4. The van der Waals surface area contributed by atoms with Gasteiger partial charge in [0.15, 0.2) is 6.10 Å². The van der Waals surface area contributed by atoms with E-state index in [4.69, 9.17) is 27.9 Å².